The number of nitrogens with zero attached hydrogens (tertiary/aromatic N) is 2. The zero-order chi connectivity index (χ0) is 18.4. The second-order valence-corrected chi connectivity index (χ2v) is 7.21. The van der Waals surface area contributed by atoms with Crippen molar-refractivity contribution in [1.29, 1.82) is 0 Å². The van der Waals surface area contributed by atoms with Crippen LogP contribution in [0.3, 0.4) is 0 Å². The molecular formula is C21H28N4O. The van der Waals surface area contributed by atoms with Gasteiger partial charge in [0, 0.05) is 25.8 Å². The Hall–Kier alpha value is -2.40. The molecule has 1 unspecified atom stereocenters. The third kappa shape index (κ3) is 5.05. The quantitative estimate of drug-likeness (QED) is 0.838. The van der Waals surface area contributed by atoms with Gasteiger partial charge in [-0.1, -0.05) is 43.3 Å². The minimum atomic E-state index is -0.542. The van der Waals surface area contributed by atoms with E-state index in [0.717, 1.165) is 36.0 Å². The summed E-state index contributed by atoms with van der Waals surface area (Å²) in [6.07, 6.45) is 4.82. The van der Waals surface area contributed by atoms with E-state index in [1.807, 2.05) is 48.7 Å². The lowest BCUT2D eigenvalue weighted by Gasteiger charge is -2.31. The van der Waals surface area contributed by atoms with Crippen LogP contribution in [-0.2, 0) is 17.8 Å². The lowest BCUT2D eigenvalue weighted by Crippen LogP contribution is -2.41. The van der Waals surface area contributed by atoms with Crippen LogP contribution in [0.2, 0.25) is 0 Å². The number of nitrogens with two attached hydrogens (primary N) is 1. The molecule has 0 saturated carbocycles. The number of carbonyl (C=O) groups excluding carboxylic acids is 1. The number of carbonyl (C=O) groups is 1. The van der Waals surface area contributed by atoms with Crippen molar-refractivity contribution in [2.45, 2.75) is 38.8 Å². The van der Waals surface area contributed by atoms with Gasteiger partial charge < -0.3 is 16.0 Å². The van der Waals surface area contributed by atoms with Crippen molar-refractivity contribution in [1.82, 2.24) is 10.3 Å². The van der Waals surface area contributed by atoms with E-state index in [-0.39, 0.29) is 5.91 Å². The standard InChI is InChI=1S/C21H28N4O/c1-16-9-11-25(12-10-16)20-8-7-18(14-23-20)15-24-21(26)19(22)13-17-5-3-2-4-6-17/h2-8,14,16,19H,9-13,15,22H2,1H3,(H,24,26). The first-order valence-electron chi connectivity index (χ1n) is 9.39. The fourth-order valence-electron chi connectivity index (χ4n) is 3.23. The Labute approximate surface area is 155 Å². The molecular weight excluding hydrogens is 324 g/mol. The first-order valence-corrected chi connectivity index (χ1v) is 9.39. The highest BCUT2D eigenvalue weighted by Gasteiger charge is 2.17. The van der Waals surface area contributed by atoms with Crippen LogP contribution in [0.25, 0.3) is 0 Å². The summed E-state index contributed by atoms with van der Waals surface area (Å²) in [4.78, 5) is 19.1. The maximum Gasteiger partial charge on any atom is 0.237 e. The van der Waals surface area contributed by atoms with Crippen molar-refractivity contribution in [3.8, 4) is 0 Å². The van der Waals surface area contributed by atoms with Gasteiger partial charge >= 0.3 is 0 Å². The molecule has 1 aromatic heterocycles. The summed E-state index contributed by atoms with van der Waals surface area (Å²) < 4.78 is 0. The van der Waals surface area contributed by atoms with E-state index in [4.69, 9.17) is 5.73 Å². The van der Waals surface area contributed by atoms with Gasteiger partial charge in [-0.3, -0.25) is 4.79 Å². The van der Waals surface area contributed by atoms with Crippen LogP contribution in [0.4, 0.5) is 5.82 Å². The lowest BCUT2D eigenvalue weighted by molar-refractivity contribution is -0.122. The smallest absolute Gasteiger partial charge is 0.237 e. The van der Waals surface area contributed by atoms with Crippen LogP contribution in [0.15, 0.2) is 48.7 Å². The molecule has 5 heteroatoms. The van der Waals surface area contributed by atoms with E-state index in [1.54, 1.807) is 0 Å². The second kappa shape index (κ2) is 8.81. The van der Waals surface area contributed by atoms with Gasteiger partial charge in [0.15, 0.2) is 0 Å². The van der Waals surface area contributed by atoms with Crippen LogP contribution in [0.1, 0.15) is 30.9 Å². The molecule has 0 bridgehead atoms. The molecule has 0 spiro atoms. The molecule has 1 amide bonds. The number of amides is 1. The monoisotopic (exact) mass is 352 g/mol. The van der Waals surface area contributed by atoms with Crippen molar-refractivity contribution < 1.29 is 4.79 Å². The molecule has 5 nitrogen and oxygen atoms in total. The van der Waals surface area contributed by atoms with Crippen molar-refractivity contribution in [3.63, 3.8) is 0 Å². The van der Waals surface area contributed by atoms with E-state index in [9.17, 15) is 4.79 Å². The fraction of sp³-hybridized carbons (Fsp3) is 0.429. The van der Waals surface area contributed by atoms with Crippen molar-refractivity contribution in [2.24, 2.45) is 11.7 Å². The molecule has 0 radical (unpaired) electrons. The number of rotatable bonds is 6. The van der Waals surface area contributed by atoms with Gasteiger partial charge in [-0.25, -0.2) is 4.98 Å². The van der Waals surface area contributed by atoms with E-state index >= 15 is 0 Å². The molecule has 3 N–H and O–H groups in total. The van der Waals surface area contributed by atoms with E-state index in [0.29, 0.717) is 13.0 Å². The predicted octanol–water partition coefficient (Wildman–Crippen LogP) is 2.50. The molecule has 1 aromatic carbocycles. The molecule has 26 heavy (non-hydrogen) atoms. The Kier molecular flexibility index (Phi) is 6.23. The Morgan fingerprint density at radius 2 is 1.92 bits per heavy atom. The second-order valence-electron chi connectivity index (χ2n) is 7.21. The first-order chi connectivity index (χ1) is 12.6. The zero-order valence-corrected chi connectivity index (χ0v) is 15.4. The molecule has 3 rings (SSSR count). The fourth-order valence-corrected chi connectivity index (χ4v) is 3.23. The van der Waals surface area contributed by atoms with E-state index in [2.05, 4.69) is 22.1 Å². The van der Waals surface area contributed by atoms with Gasteiger partial charge in [0.2, 0.25) is 5.91 Å². The third-order valence-corrected chi connectivity index (χ3v) is 5.02. The number of anilines is 1. The van der Waals surface area contributed by atoms with Gasteiger partial charge in [-0.15, -0.1) is 0 Å². The predicted molar refractivity (Wildman–Crippen MR) is 105 cm³/mol. The van der Waals surface area contributed by atoms with Crippen LogP contribution >= 0.6 is 0 Å². The van der Waals surface area contributed by atoms with Crippen LogP contribution in [0.5, 0.6) is 0 Å². The summed E-state index contributed by atoms with van der Waals surface area (Å²) in [5.41, 5.74) is 8.06. The SMILES string of the molecule is CC1CCN(c2ccc(CNC(=O)C(N)Cc3ccccc3)cn2)CC1. The highest BCUT2D eigenvalue weighted by molar-refractivity contribution is 5.81. The van der Waals surface area contributed by atoms with E-state index < -0.39 is 6.04 Å². The average Bonchev–Trinajstić information content (AvgIpc) is 2.68. The van der Waals surface area contributed by atoms with Crippen LogP contribution in [0, 0.1) is 5.92 Å². The van der Waals surface area contributed by atoms with Crippen LogP contribution < -0.4 is 16.0 Å². The maximum atomic E-state index is 12.2. The van der Waals surface area contributed by atoms with Crippen molar-refractivity contribution in [2.75, 3.05) is 18.0 Å². The molecule has 1 atom stereocenters. The first kappa shape index (κ1) is 18.4. The van der Waals surface area contributed by atoms with Gasteiger partial charge in [-0.2, -0.15) is 0 Å². The third-order valence-electron chi connectivity index (χ3n) is 5.02. The Bertz CT molecular complexity index is 694. The number of nitrogens with one attached hydrogen (secondary N) is 1. The molecule has 0 aliphatic carbocycles. The molecule has 2 aromatic rings. The average molecular weight is 352 g/mol. The normalized spacial score (nSPS) is 16.3. The summed E-state index contributed by atoms with van der Waals surface area (Å²) in [7, 11) is 0. The largest absolute Gasteiger partial charge is 0.357 e. The van der Waals surface area contributed by atoms with Gasteiger partial charge in [0.05, 0.1) is 6.04 Å². The van der Waals surface area contributed by atoms with Crippen LogP contribution in [-0.4, -0.2) is 30.0 Å². The Morgan fingerprint density at radius 3 is 2.58 bits per heavy atom. The summed E-state index contributed by atoms with van der Waals surface area (Å²) in [5.74, 6) is 1.69. The minimum Gasteiger partial charge on any atom is -0.357 e. The number of hydrogen-bond acceptors (Lipinski definition) is 4. The van der Waals surface area contributed by atoms with Crippen molar-refractivity contribution in [3.05, 3.63) is 59.8 Å². The number of pyridine rings is 1. The van der Waals surface area contributed by atoms with E-state index in [1.165, 1.54) is 12.8 Å². The molecule has 1 fully saturated rings. The highest BCUT2D eigenvalue weighted by Crippen LogP contribution is 2.21. The topological polar surface area (TPSA) is 71.2 Å². The highest BCUT2D eigenvalue weighted by atomic mass is 16.2. The number of benzene rings is 1. The summed E-state index contributed by atoms with van der Waals surface area (Å²) in [5, 5.41) is 2.91. The summed E-state index contributed by atoms with van der Waals surface area (Å²) >= 11 is 0. The van der Waals surface area contributed by atoms with Crippen molar-refractivity contribution >= 4 is 11.7 Å². The molecule has 1 aliphatic heterocycles. The summed E-state index contributed by atoms with van der Waals surface area (Å²) in [6, 6.07) is 13.4. The van der Waals surface area contributed by atoms with Gasteiger partial charge in [-0.05, 0) is 42.4 Å². The van der Waals surface area contributed by atoms with Gasteiger partial charge in [0.25, 0.3) is 0 Å². The number of aromatic nitrogens is 1. The van der Waals surface area contributed by atoms with Gasteiger partial charge in [0.1, 0.15) is 5.82 Å². The Balaban J connectivity index is 1.47. The maximum absolute atomic E-state index is 12.2. The molecule has 1 aliphatic rings. The minimum absolute atomic E-state index is 0.136. The zero-order valence-electron chi connectivity index (χ0n) is 15.4. The molecule has 2 heterocycles. The lowest BCUT2D eigenvalue weighted by atomic mass is 9.99. The molecule has 1 saturated heterocycles. The summed E-state index contributed by atoms with van der Waals surface area (Å²) in [6.45, 7) is 4.89. The molecule has 138 valence electrons. The number of hydrogen-bond donors (Lipinski definition) is 2. The Morgan fingerprint density at radius 1 is 1.19 bits per heavy atom. The number of piperidine rings is 1.